The fourth-order valence-electron chi connectivity index (χ4n) is 1.91. The molecule has 19 heavy (non-hydrogen) atoms. The van der Waals surface area contributed by atoms with E-state index in [1.807, 2.05) is 0 Å². The van der Waals surface area contributed by atoms with Crippen molar-refractivity contribution < 1.29 is 4.79 Å². The summed E-state index contributed by atoms with van der Waals surface area (Å²) in [6.07, 6.45) is 6.34. The van der Waals surface area contributed by atoms with Crippen LogP contribution < -0.4 is 5.32 Å². The molecule has 0 aliphatic heterocycles. The number of nitrogens with zero attached hydrogens (tertiary/aromatic N) is 1. The zero-order valence-corrected chi connectivity index (χ0v) is 12.8. The zero-order chi connectivity index (χ0) is 14.3. The Hall–Kier alpha value is -1.09. The van der Waals surface area contributed by atoms with Gasteiger partial charge in [0.1, 0.15) is 5.15 Å². The summed E-state index contributed by atoms with van der Waals surface area (Å²) in [7, 11) is 0. The fourth-order valence-corrected chi connectivity index (χ4v) is 2.08. The van der Waals surface area contributed by atoms with Gasteiger partial charge in [-0.3, -0.25) is 4.79 Å². The lowest BCUT2D eigenvalue weighted by molar-refractivity contribution is 0.0934. The lowest BCUT2D eigenvalue weighted by Crippen LogP contribution is -2.34. The molecule has 0 spiro atoms. The van der Waals surface area contributed by atoms with Crippen molar-refractivity contribution in [2.45, 2.75) is 46.5 Å². The first-order valence-electron chi connectivity index (χ1n) is 6.84. The van der Waals surface area contributed by atoms with E-state index in [9.17, 15) is 4.79 Å². The first-order chi connectivity index (χ1) is 8.94. The van der Waals surface area contributed by atoms with Crippen molar-refractivity contribution in [3.8, 4) is 0 Å². The number of carbonyl (C=O) groups excluding carboxylic acids is 1. The third-order valence-corrected chi connectivity index (χ3v) is 3.38. The van der Waals surface area contributed by atoms with E-state index in [2.05, 4.69) is 31.1 Å². The van der Waals surface area contributed by atoms with E-state index in [0.29, 0.717) is 17.3 Å². The summed E-state index contributed by atoms with van der Waals surface area (Å²) in [5, 5.41) is 3.31. The minimum Gasteiger partial charge on any atom is -0.352 e. The van der Waals surface area contributed by atoms with Crippen molar-refractivity contribution in [1.29, 1.82) is 0 Å². The second kappa shape index (κ2) is 7.49. The van der Waals surface area contributed by atoms with Gasteiger partial charge in [-0.25, -0.2) is 4.98 Å². The normalized spacial score (nSPS) is 11.4. The Morgan fingerprint density at radius 3 is 2.79 bits per heavy atom. The predicted octanol–water partition coefficient (Wildman–Crippen LogP) is 4.07. The molecule has 0 saturated heterocycles. The molecule has 0 bridgehead atoms. The largest absolute Gasteiger partial charge is 0.352 e. The lowest BCUT2D eigenvalue weighted by Gasteiger charge is -2.25. The number of pyridine rings is 1. The Labute approximate surface area is 120 Å². The van der Waals surface area contributed by atoms with Crippen molar-refractivity contribution in [2.24, 2.45) is 5.41 Å². The highest BCUT2D eigenvalue weighted by atomic mass is 35.5. The molecular formula is C15H23ClN2O. The molecule has 106 valence electrons. The number of hydrogen-bond acceptors (Lipinski definition) is 2. The maximum absolute atomic E-state index is 12.0. The molecule has 0 unspecified atom stereocenters. The van der Waals surface area contributed by atoms with E-state index in [-0.39, 0.29) is 11.3 Å². The molecule has 0 aromatic carbocycles. The van der Waals surface area contributed by atoms with Gasteiger partial charge in [0, 0.05) is 18.3 Å². The van der Waals surface area contributed by atoms with Crippen LogP contribution in [0.1, 0.15) is 56.8 Å². The fraction of sp³-hybridized carbons (Fsp3) is 0.600. The smallest absolute Gasteiger partial charge is 0.251 e. The maximum Gasteiger partial charge on any atom is 0.251 e. The number of unbranched alkanes of at least 4 members (excludes halogenated alkanes) is 2. The second-order valence-electron chi connectivity index (χ2n) is 5.67. The first-order valence-corrected chi connectivity index (χ1v) is 7.22. The van der Waals surface area contributed by atoms with E-state index < -0.39 is 0 Å². The monoisotopic (exact) mass is 282 g/mol. The Balaban J connectivity index is 2.45. The van der Waals surface area contributed by atoms with Crippen LogP contribution >= 0.6 is 11.6 Å². The molecule has 1 heterocycles. The molecule has 1 N–H and O–H groups in total. The highest BCUT2D eigenvalue weighted by Crippen LogP contribution is 2.22. The van der Waals surface area contributed by atoms with Crippen LogP contribution in [-0.4, -0.2) is 17.4 Å². The molecule has 0 aliphatic carbocycles. The third-order valence-electron chi connectivity index (χ3n) is 3.17. The molecule has 4 heteroatoms. The number of hydrogen-bond donors (Lipinski definition) is 1. The van der Waals surface area contributed by atoms with E-state index in [1.165, 1.54) is 19.3 Å². The summed E-state index contributed by atoms with van der Waals surface area (Å²) in [5.41, 5.74) is 0.686. The molecule has 1 aromatic heterocycles. The van der Waals surface area contributed by atoms with Gasteiger partial charge in [0.05, 0.1) is 0 Å². The Bertz CT molecular complexity index is 418. The third kappa shape index (κ3) is 6.06. The van der Waals surface area contributed by atoms with Gasteiger partial charge in [-0.2, -0.15) is 0 Å². The van der Waals surface area contributed by atoms with E-state index >= 15 is 0 Å². The average molecular weight is 283 g/mol. The van der Waals surface area contributed by atoms with Crippen LogP contribution in [0.5, 0.6) is 0 Å². The number of amides is 1. The SMILES string of the molecule is CCCCCC(C)(C)CNC(=O)c1ccnc(Cl)c1. The Morgan fingerprint density at radius 2 is 2.16 bits per heavy atom. The minimum atomic E-state index is -0.0899. The molecular weight excluding hydrogens is 260 g/mol. The second-order valence-corrected chi connectivity index (χ2v) is 6.06. The predicted molar refractivity (Wildman–Crippen MR) is 79.5 cm³/mol. The van der Waals surface area contributed by atoms with Gasteiger partial charge >= 0.3 is 0 Å². The van der Waals surface area contributed by atoms with Crippen LogP contribution in [0.15, 0.2) is 18.3 Å². The first kappa shape index (κ1) is 16.0. The molecule has 1 aromatic rings. The van der Waals surface area contributed by atoms with Crippen molar-refractivity contribution in [1.82, 2.24) is 10.3 Å². The number of nitrogens with one attached hydrogen (secondary N) is 1. The quantitative estimate of drug-likeness (QED) is 0.605. The molecule has 0 radical (unpaired) electrons. The summed E-state index contributed by atoms with van der Waals surface area (Å²) in [4.78, 5) is 15.8. The van der Waals surface area contributed by atoms with E-state index in [4.69, 9.17) is 11.6 Å². The topological polar surface area (TPSA) is 42.0 Å². The Morgan fingerprint density at radius 1 is 1.42 bits per heavy atom. The molecule has 0 atom stereocenters. The van der Waals surface area contributed by atoms with Gasteiger partial charge in [-0.15, -0.1) is 0 Å². The maximum atomic E-state index is 12.0. The number of halogens is 1. The number of rotatable bonds is 7. The van der Waals surface area contributed by atoms with Gasteiger partial charge in [-0.05, 0) is 24.0 Å². The van der Waals surface area contributed by atoms with Gasteiger partial charge in [0.2, 0.25) is 0 Å². The lowest BCUT2D eigenvalue weighted by atomic mass is 9.87. The van der Waals surface area contributed by atoms with Crippen molar-refractivity contribution >= 4 is 17.5 Å². The van der Waals surface area contributed by atoms with Crippen LogP contribution in [0.4, 0.5) is 0 Å². The van der Waals surface area contributed by atoms with Gasteiger partial charge in [0.25, 0.3) is 5.91 Å². The summed E-state index contributed by atoms with van der Waals surface area (Å²) < 4.78 is 0. The van der Waals surface area contributed by atoms with Crippen molar-refractivity contribution in [2.75, 3.05) is 6.54 Å². The van der Waals surface area contributed by atoms with Crippen LogP contribution in [0.3, 0.4) is 0 Å². The molecule has 1 rings (SSSR count). The summed E-state index contributed by atoms with van der Waals surface area (Å²) >= 11 is 5.77. The summed E-state index contributed by atoms with van der Waals surface area (Å²) in [6.45, 7) is 7.24. The minimum absolute atomic E-state index is 0.0899. The van der Waals surface area contributed by atoms with E-state index in [1.54, 1.807) is 18.3 Å². The molecule has 1 amide bonds. The molecule has 0 fully saturated rings. The molecule has 0 saturated carbocycles. The van der Waals surface area contributed by atoms with Gasteiger partial charge in [-0.1, -0.05) is 51.6 Å². The zero-order valence-electron chi connectivity index (χ0n) is 12.0. The summed E-state index contributed by atoms with van der Waals surface area (Å²) in [6, 6.07) is 3.26. The van der Waals surface area contributed by atoms with Crippen molar-refractivity contribution in [3.05, 3.63) is 29.0 Å². The van der Waals surface area contributed by atoms with E-state index in [0.717, 1.165) is 6.42 Å². The molecule has 3 nitrogen and oxygen atoms in total. The number of aromatic nitrogens is 1. The standard InChI is InChI=1S/C15H23ClN2O/c1-4-5-6-8-15(2,3)11-18-14(19)12-7-9-17-13(16)10-12/h7,9-10H,4-6,8,11H2,1-3H3,(H,18,19). The van der Waals surface area contributed by atoms with Crippen LogP contribution in [0.2, 0.25) is 5.15 Å². The number of carbonyl (C=O) groups is 1. The van der Waals surface area contributed by atoms with Crippen molar-refractivity contribution in [3.63, 3.8) is 0 Å². The highest BCUT2D eigenvalue weighted by Gasteiger charge is 2.18. The summed E-state index contributed by atoms with van der Waals surface area (Å²) in [5.74, 6) is -0.0899. The van der Waals surface area contributed by atoms with Crippen LogP contribution in [0, 0.1) is 5.41 Å². The highest BCUT2D eigenvalue weighted by molar-refractivity contribution is 6.29. The van der Waals surface area contributed by atoms with Crippen LogP contribution in [-0.2, 0) is 0 Å². The molecule has 0 aliphatic rings. The van der Waals surface area contributed by atoms with Gasteiger partial charge in [0.15, 0.2) is 0 Å². The Kier molecular flexibility index (Phi) is 6.29. The average Bonchev–Trinajstić information content (AvgIpc) is 2.36. The van der Waals surface area contributed by atoms with Gasteiger partial charge < -0.3 is 5.32 Å². The van der Waals surface area contributed by atoms with Crippen LogP contribution in [0.25, 0.3) is 0 Å².